The maximum atomic E-state index is 12.4. The number of carbonyl (C=O) groups excluding carboxylic acids is 1. The van der Waals surface area contributed by atoms with E-state index in [0.717, 1.165) is 38.5 Å². The van der Waals surface area contributed by atoms with E-state index >= 15 is 0 Å². The standard InChI is InChI=1S/C31H57NO6S/c1-3-5-7-9-11-13-14-15-16-18-20-22-24-26-30(34)31(35)32-28(27-39(36,37)38)29(33)25-23-21-19-17-12-10-8-6-4-2/h4,6,12,17,23,25,28-30,33-34H,3,5,7-11,13-16,18-22,24,26-27H2,1-2H3,(H,32,35)(H,36,37,38)/b6-4+,17-12+,25-23+. The van der Waals surface area contributed by atoms with E-state index in [9.17, 15) is 28.0 Å². The average Bonchev–Trinajstić information content (AvgIpc) is 2.88. The first-order chi connectivity index (χ1) is 18.7. The summed E-state index contributed by atoms with van der Waals surface area (Å²) in [4.78, 5) is 12.4. The van der Waals surface area contributed by atoms with Crippen molar-refractivity contribution in [3.05, 3.63) is 36.5 Å². The van der Waals surface area contributed by atoms with E-state index in [1.54, 1.807) is 6.08 Å². The highest BCUT2D eigenvalue weighted by Gasteiger charge is 2.27. The number of aliphatic hydroxyl groups excluding tert-OH is 2. The smallest absolute Gasteiger partial charge is 0.267 e. The summed E-state index contributed by atoms with van der Waals surface area (Å²) in [5.41, 5.74) is 0. The number of amides is 1. The van der Waals surface area contributed by atoms with Gasteiger partial charge in [-0.25, -0.2) is 0 Å². The molecule has 0 aromatic carbocycles. The summed E-state index contributed by atoms with van der Waals surface area (Å²) in [5, 5.41) is 23.1. The predicted octanol–water partition coefficient (Wildman–Crippen LogP) is 6.81. The second kappa shape index (κ2) is 25.5. The Morgan fingerprint density at radius 1 is 0.744 bits per heavy atom. The predicted molar refractivity (Wildman–Crippen MR) is 162 cm³/mol. The SMILES string of the molecule is C/C=C/CC/C=C/CC/C=C/C(O)C(CS(=O)(=O)O)NC(=O)C(O)CCCCCCCCCCCCCCC. The minimum absolute atomic E-state index is 0.272. The lowest BCUT2D eigenvalue weighted by Gasteiger charge is -2.22. The Morgan fingerprint density at radius 2 is 1.21 bits per heavy atom. The van der Waals surface area contributed by atoms with Crippen LogP contribution >= 0.6 is 0 Å². The van der Waals surface area contributed by atoms with Crippen LogP contribution < -0.4 is 5.32 Å². The molecule has 0 aromatic rings. The molecule has 0 rings (SSSR count). The van der Waals surface area contributed by atoms with E-state index in [-0.39, 0.29) is 6.42 Å². The van der Waals surface area contributed by atoms with Crippen molar-refractivity contribution in [3.63, 3.8) is 0 Å². The van der Waals surface area contributed by atoms with Crippen LogP contribution in [0.2, 0.25) is 0 Å². The highest BCUT2D eigenvalue weighted by atomic mass is 32.2. The molecule has 0 aliphatic carbocycles. The van der Waals surface area contributed by atoms with E-state index in [1.165, 1.54) is 63.9 Å². The molecular weight excluding hydrogens is 514 g/mol. The van der Waals surface area contributed by atoms with Gasteiger partial charge in [0.1, 0.15) is 6.10 Å². The molecule has 1 amide bonds. The molecule has 228 valence electrons. The number of nitrogens with one attached hydrogen (secondary N) is 1. The molecule has 0 saturated heterocycles. The molecule has 0 fully saturated rings. The topological polar surface area (TPSA) is 124 Å². The maximum absolute atomic E-state index is 12.4. The zero-order valence-electron chi connectivity index (χ0n) is 24.6. The summed E-state index contributed by atoms with van der Waals surface area (Å²) in [6.07, 6.45) is 28.0. The van der Waals surface area contributed by atoms with E-state index < -0.39 is 40.0 Å². The normalized spacial score (nSPS) is 14.9. The van der Waals surface area contributed by atoms with E-state index in [2.05, 4.69) is 24.4 Å². The van der Waals surface area contributed by atoms with Crippen LogP contribution in [0.4, 0.5) is 0 Å². The molecule has 0 aliphatic heterocycles. The van der Waals surface area contributed by atoms with Gasteiger partial charge in [0.2, 0.25) is 5.91 Å². The van der Waals surface area contributed by atoms with E-state index in [1.807, 2.05) is 19.1 Å². The maximum Gasteiger partial charge on any atom is 0.267 e. The molecule has 3 atom stereocenters. The number of allylic oxidation sites excluding steroid dienone is 5. The van der Waals surface area contributed by atoms with Crippen LogP contribution in [0, 0.1) is 0 Å². The largest absolute Gasteiger partial charge is 0.387 e. The molecule has 0 saturated carbocycles. The van der Waals surface area contributed by atoms with Gasteiger partial charge in [0.05, 0.1) is 17.9 Å². The van der Waals surface area contributed by atoms with E-state index in [0.29, 0.717) is 12.8 Å². The van der Waals surface area contributed by atoms with Crippen molar-refractivity contribution in [1.29, 1.82) is 0 Å². The second-order valence-corrected chi connectivity index (χ2v) is 12.0. The quantitative estimate of drug-likeness (QED) is 0.0514. The third-order valence-electron chi connectivity index (χ3n) is 6.75. The number of unbranched alkanes of at least 4 members (excludes halogenated alkanes) is 14. The zero-order valence-corrected chi connectivity index (χ0v) is 25.4. The van der Waals surface area contributed by atoms with Gasteiger partial charge < -0.3 is 15.5 Å². The van der Waals surface area contributed by atoms with Gasteiger partial charge in [-0.3, -0.25) is 9.35 Å². The summed E-state index contributed by atoms with van der Waals surface area (Å²) in [6, 6.07) is -1.25. The van der Waals surface area contributed by atoms with Crippen LogP contribution in [0.5, 0.6) is 0 Å². The lowest BCUT2D eigenvalue weighted by atomic mass is 10.0. The average molecular weight is 572 g/mol. The van der Waals surface area contributed by atoms with Crippen molar-refractivity contribution >= 4 is 16.0 Å². The van der Waals surface area contributed by atoms with Crippen molar-refractivity contribution < 1.29 is 28.0 Å². The fourth-order valence-corrected chi connectivity index (χ4v) is 5.11. The first-order valence-corrected chi connectivity index (χ1v) is 16.9. The van der Waals surface area contributed by atoms with Gasteiger partial charge in [0.25, 0.3) is 10.1 Å². The Morgan fingerprint density at radius 3 is 1.69 bits per heavy atom. The Labute approximate surface area is 239 Å². The molecule has 3 unspecified atom stereocenters. The number of hydrogen-bond donors (Lipinski definition) is 4. The Hall–Kier alpha value is -1.48. The third kappa shape index (κ3) is 25.2. The van der Waals surface area contributed by atoms with Crippen molar-refractivity contribution in [3.8, 4) is 0 Å². The Kier molecular flexibility index (Phi) is 24.5. The highest BCUT2D eigenvalue weighted by Crippen LogP contribution is 2.14. The van der Waals surface area contributed by atoms with Gasteiger partial charge in [-0.15, -0.1) is 0 Å². The molecule has 0 radical (unpaired) electrons. The lowest BCUT2D eigenvalue weighted by molar-refractivity contribution is -0.130. The van der Waals surface area contributed by atoms with Gasteiger partial charge in [0, 0.05) is 0 Å². The van der Waals surface area contributed by atoms with Crippen LogP contribution in [0.25, 0.3) is 0 Å². The van der Waals surface area contributed by atoms with Crippen molar-refractivity contribution in [1.82, 2.24) is 5.32 Å². The molecule has 0 aliphatic rings. The Bertz CT molecular complexity index is 778. The summed E-state index contributed by atoms with van der Waals surface area (Å²) in [7, 11) is -4.44. The highest BCUT2D eigenvalue weighted by molar-refractivity contribution is 7.85. The summed E-state index contributed by atoms with van der Waals surface area (Å²) >= 11 is 0. The molecule has 4 N–H and O–H groups in total. The van der Waals surface area contributed by atoms with Gasteiger partial charge in [0.15, 0.2) is 0 Å². The summed E-state index contributed by atoms with van der Waals surface area (Å²) in [6.45, 7) is 4.22. The minimum Gasteiger partial charge on any atom is -0.387 e. The van der Waals surface area contributed by atoms with Crippen LogP contribution in [0.15, 0.2) is 36.5 Å². The van der Waals surface area contributed by atoms with Gasteiger partial charge >= 0.3 is 0 Å². The molecule has 0 heterocycles. The van der Waals surface area contributed by atoms with Gasteiger partial charge in [-0.05, 0) is 39.0 Å². The first kappa shape index (κ1) is 37.5. The molecule has 39 heavy (non-hydrogen) atoms. The molecular formula is C31H57NO6S. The number of hydrogen-bond acceptors (Lipinski definition) is 5. The summed E-state index contributed by atoms with van der Waals surface area (Å²) in [5.74, 6) is -1.57. The zero-order chi connectivity index (χ0) is 29.2. The molecule has 0 spiro atoms. The van der Waals surface area contributed by atoms with Gasteiger partial charge in [-0.2, -0.15) is 8.42 Å². The fraction of sp³-hybridized carbons (Fsp3) is 0.774. The second-order valence-electron chi connectivity index (χ2n) is 10.5. The molecule has 0 aromatic heterocycles. The third-order valence-corrected chi connectivity index (χ3v) is 7.53. The van der Waals surface area contributed by atoms with Crippen molar-refractivity contribution in [2.24, 2.45) is 0 Å². The van der Waals surface area contributed by atoms with Crippen LogP contribution in [0.3, 0.4) is 0 Å². The lowest BCUT2D eigenvalue weighted by Crippen LogP contribution is -2.50. The van der Waals surface area contributed by atoms with Crippen LogP contribution in [-0.2, 0) is 14.9 Å². The monoisotopic (exact) mass is 571 g/mol. The molecule has 8 heteroatoms. The van der Waals surface area contributed by atoms with Crippen molar-refractivity contribution in [2.75, 3.05) is 5.75 Å². The fourth-order valence-electron chi connectivity index (χ4n) is 4.38. The molecule has 0 bridgehead atoms. The van der Waals surface area contributed by atoms with Gasteiger partial charge in [-0.1, -0.05) is 127 Å². The number of rotatable bonds is 26. The van der Waals surface area contributed by atoms with Crippen molar-refractivity contribution in [2.45, 2.75) is 148 Å². The first-order valence-electron chi connectivity index (χ1n) is 15.3. The number of aliphatic hydroxyl groups is 2. The Balaban J connectivity index is 4.25. The van der Waals surface area contributed by atoms with E-state index in [4.69, 9.17) is 0 Å². The van der Waals surface area contributed by atoms with Crippen LogP contribution in [-0.4, -0.2) is 53.1 Å². The minimum atomic E-state index is -4.44. The molecule has 7 nitrogen and oxygen atoms in total. The summed E-state index contributed by atoms with van der Waals surface area (Å²) < 4.78 is 32.1. The van der Waals surface area contributed by atoms with Crippen LogP contribution in [0.1, 0.15) is 129 Å². The number of carbonyl (C=O) groups is 1.